The third-order valence-electron chi connectivity index (χ3n) is 14.7. The predicted molar refractivity (Wildman–Crippen MR) is 302 cm³/mol. The Hall–Kier alpha value is -4.70. The molecule has 0 aromatic carbocycles. The number of aliphatic hydroxyl groups excluding tert-OH is 10. The summed E-state index contributed by atoms with van der Waals surface area (Å²) in [5.74, 6) is -0.167. The lowest BCUT2D eigenvalue weighted by atomic mass is 10.1. The fourth-order valence-electron chi connectivity index (χ4n) is 9.87. The van der Waals surface area contributed by atoms with Crippen LogP contribution in [0.2, 0.25) is 0 Å². The third kappa shape index (κ3) is 21.6. The van der Waals surface area contributed by atoms with Crippen LogP contribution >= 0.6 is 12.2 Å². The molecule has 0 radical (unpaired) electrons. The highest BCUT2D eigenvalue weighted by atomic mass is 32.1. The molecule has 5 fully saturated rings. The quantitative estimate of drug-likeness (QED) is 0.0352. The van der Waals surface area contributed by atoms with Crippen molar-refractivity contribution in [2.24, 2.45) is 11.5 Å². The Kier molecular flexibility index (Phi) is 29.2. The summed E-state index contributed by atoms with van der Waals surface area (Å²) < 4.78 is 36.7. The monoisotopic (exact) mass is 1190 g/mol. The minimum Gasteiger partial charge on any atom is -0.505 e. The van der Waals surface area contributed by atoms with Crippen molar-refractivity contribution in [3.8, 4) is 11.5 Å². The molecule has 5 aliphatic heterocycles. The normalized spacial score (nSPS) is 29.3. The number of rotatable bonds is 19. The number of aromatic amines is 1. The van der Waals surface area contributed by atoms with E-state index in [0.717, 1.165) is 17.5 Å². The van der Waals surface area contributed by atoms with Gasteiger partial charge in [-0.25, -0.2) is 0 Å². The maximum Gasteiger partial charge on any atom is 0.247 e. The number of aromatic nitrogens is 4. The van der Waals surface area contributed by atoms with E-state index in [0.29, 0.717) is 93.7 Å². The summed E-state index contributed by atoms with van der Waals surface area (Å²) in [6.07, 6.45) is 7.17. The van der Waals surface area contributed by atoms with E-state index in [9.17, 15) is 45.3 Å². The van der Waals surface area contributed by atoms with Gasteiger partial charge in [0.15, 0.2) is 11.5 Å². The summed E-state index contributed by atoms with van der Waals surface area (Å²) in [5, 5.41) is 112. The Bertz CT molecular complexity index is 2580. The molecule has 5 saturated heterocycles. The van der Waals surface area contributed by atoms with Crippen LogP contribution in [0.5, 0.6) is 11.5 Å². The SMILES string of the molecule is Cc1c(O)c(=O)ccn1C[C@H]1CC(O)[C@@H](CO)O1.Cc1c(O)c(=S)ccn1C[C@H]1CC(O)[C@@H](CO)O1.NCC(N)COCC[C@H]1CC(O)[C@@H](CO)O1.O=c1ccc(C[C@H]2CC(O)[C@@H](CO)O2)c[nH]1.OC[C@H]1O[C@@H](Cc2cccnc2)CC1O. The molecule has 5 aliphatic rings. The highest BCUT2D eigenvalue weighted by molar-refractivity contribution is 7.71. The second-order valence-corrected chi connectivity index (χ2v) is 21.6. The van der Waals surface area contributed by atoms with Crippen molar-refractivity contribution in [1.82, 2.24) is 19.1 Å². The van der Waals surface area contributed by atoms with Gasteiger partial charge >= 0.3 is 0 Å². The van der Waals surface area contributed by atoms with Gasteiger partial charge in [0.1, 0.15) is 30.5 Å². The Morgan fingerprint density at radius 1 is 0.639 bits per heavy atom. The molecule has 0 spiro atoms. The van der Waals surface area contributed by atoms with Gasteiger partial charge < -0.3 is 115 Å². The van der Waals surface area contributed by atoms with Gasteiger partial charge in [-0.2, -0.15) is 0 Å². The van der Waals surface area contributed by atoms with Crippen LogP contribution in [-0.4, -0.2) is 231 Å². The number of hydrogen-bond acceptors (Lipinski definition) is 24. The van der Waals surface area contributed by atoms with Gasteiger partial charge in [0.2, 0.25) is 11.0 Å². The minimum absolute atomic E-state index is 0.0126. The van der Waals surface area contributed by atoms with E-state index in [2.05, 4.69) is 9.97 Å². The second kappa shape index (κ2) is 35.1. The molecule has 17 N–H and O–H groups in total. The highest BCUT2D eigenvalue weighted by Gasteiger charge is 2.37. The molecule has 0 bridgehead atoms. The third-order valence-corrected chi connectivity index (χ3v) is 15.1. The largest absolute Gasteiger partial charge is 0.505 e. The lowest BCUT2D eigenvalue weighted by Gasteiger charge is -2.17. The van der Waals surface area contributed by atoms with Crippen LogP contribution in [-0.2, 0) is 54.4 Å². The summed E-state index contributed by atoms with van der Waals surface area (Å²) in [6.45, 7) is 4.92. The summed E-state index contributed by atoms with van der Waals surface area (Å²) in [7, 11) is 0. The van der Waals surface area contributed by atoms with Gasteiger partial charge in [-0.05, 0) is 43.5 Å². The van der Waals surface area contributed by atoms with Crippen LogP contribution in [0.3, 0.4) is 0 Å². The van der Waals surface area contributed by atoms with Crippen LogP contribution in [0.15, 0.2) is 77.0 Å². The topological polar surface area (TPSA) is 423 Å². The zero-order chi connectivity index (χ0) is 60.8. The number of aliphatic hydroxyl groups is 10. The van der Waals surface area contributed by atoms with Crippen molar-refractivity contribution >= 4 is 12.2 Å². The number of pyridine rings is 4. The Balaban J connectivity index is 0.000000190. The molecule has 0 amide bonds. The molecule has 6 unspecified atom stereocenters. The molecule has 26 nitrogen and oxygen atoms in total. The number of hydrogen-bond donors (Lipinski definition) is 15. The first kappa shape index (κ1) is 69.1. The molecule has 466 valence electrons. The zero-order valence-electron chi connectivity index (χ0n) is 46.9. The zero-order valence-corrected chi connectivity index (χ0v) is 47.7. The molecule has 27 heteroatoms. The molecule has 9 heterocycles. The van der Waals surface area contributed by atoms with Crippen LogP contribution in [0.1, 0.15) is 61.0 Å². The minimum atomic E-state index is -0.673. The summed E-state index contributed by atoms with van der Waals surface area (Å²) in [6, 6.07) is 9.88. The molecule has 16 atom stereocenters. The molecule has 83 heavy (non-hydrogen) atoms. The summed E-state index contributed by atoms with van der Waals surface area (Å²) in [4.78, 5) is 28.7. The summed E-state index contributed by atoms with van der Waals surface area (Å²) >= 11 is 4.97. The van der Waals surface area contributed by atoms with Gasteiger partial charge in [-0.3, -0.25) is 14.6 Å². The first-order chi connectivity index (χ1) is 39.7. The second-order valence-electron chi connectivity index (χ2n) is 21.1. The number of ether oxygens (including phenoxy) is 6. The van der Waals surface area contributed by atoms with E-state index in [1.807, 2.05) is 16.7 Å². The number of H-pyrrole nitrogens is 1. The van der Waals surface area contributed by atoms with E-state index < -0.39 is 66.5 Å². The Morgan fingerprint density at radius 2 is 1.08 bits per heavy atom. The average Bonchev–Trinajstić information content (AvgIpc) is 4.39. The highest BCUT2D eigenvalue weighted by Crippen LogP contribution is 2.27. The molecule has 0 saturated carbocycles. The standard InChI is InChI=1S/C12H17NO5.C12H17NO4S.C11H15NO4.C11H15NO3.C10H22N2O4/c1-7-12(17)9(15)2-3-13(7)5-8-4-10(16)11(6-14)18-8;1-7-12(16)11(18)2-3-13(7)5-8-4-9(15)10(6-14)17-8;13-6-10-9(14)4-8(16-10)3-7-1-2-11(15)12-5-7;13-7-11-10(14)5-9(15-11)4-8-2-1-3-12-6-8;11-4-7(12)6-15-2-1-8-3-9(14)10(5-13)16-8/h2-3,8,10-11,14,16-17H,4-6H2,1H3;2-3,8-10,14-16H,4-6H2,1H3;1-2,5,8-10,13-14H,3-4,6H2,(H,12,15);1-3,6,9-11,13-14H,4-5,7H2;7-10,13-14H,1-6,11-12H2/t8-,10?,11-;8-,9?,10-;8-,9?,10+;9-,10?,11+;7?,8-,9?,10+/m11000/s1. The maximum absolute atomic E-state index is 11.2. The van der Waals surface area contributed by atoms with Gasteiger partial charge in [0, 0.05) is 120 Å². The number of nitrogens with one attached hydrogen (secondary N) is 1. The van der Waals surface area contributed by atoms with Crippen molar-refractivity contribution in [2.45, 2.75) is 176 Å². The fourth-order valence-corrected chi connectivity index (χ4v) is 10.1. The Labute approximate surface area is 486 Å². The van der Waals surface area contributed by atoms with Gasteiger partial charge in [0.05, 0.1) is 117 Å². The Morgan fingerprint density at radius 3 is 1.53 bits per heavy atom. The van der Waals surface area contributed by atoms with Crippen LogP contribution in [0.4, 0.5) is 0 Å². The van der Waals surface area contributed by atoms with Gasteiger partial charge in [-0.1, -0.05) is 24.4 Å². The lowest BCUT2D eigenvalue weighted by Crippen LogP contribution is -2.34. The van der Waals surface area contributed by atoms with Gasteiger partial charge in [-0.15, -0.1) is 0 Å². The maximum atomic E-state index is 11.2. The molecule has 0 aliphatic carbocycles. The molecular formula is C56H86N6O20S. The average molecular weight is 1200 g/mol. The van der Waals surface area contributed by atoms with E-state index in [1.165, 1.54) is 12.1 Å². The predicted octanol–water partition coefficient (Wildman–Crippen LogP) is -2.13. The van der Waals surface area contributed by atoms with Crippen LogP contribution in [0.25, 0.3) is 0 Å². The first-order valence-electron chi connectivity index (χ1n) is 27.8. The van der Waals surface area contributed by atoms with Crippen molar-refractivity contribution in [3.05, 3.63) is 115 Å². The smallest absolute Gasteiger partial charge is 0.247 e. The van der Waals surface area contributed by atoms with E-state index >= 15 is 0 Å². The van der Waals surface area contributed by atoms with Crippen LogP contribution in [0, 0.1) is 18.4 Å². The summed E-state index contributed by atoms with van der Waals surface area (Å²) in [5.41, 5.74) is 13.6. The van der Waals surface area contributed by atoms with E-state index in [4.69, 9.17) is 77.6 Å². The van der Waals surface area contributed by atoms with Crippen molar-refractivity contribution in [2.75, 3.05) is 52.8 Å². The molecular weight excluding hydrogens is 1110 g/mol. The molecule has 9 rings (SSSR count). The van der Waals surface area contributed by atoms with Crippen LogP contribution < -0.4 is 22.5 Å². The number of aromatic hydroxyl groups is 2. The molecule has 4 aromatic heterocycles. The van der Waals surface area contributed by atoms with Crippen molar-refractivity contribution in [1.29, 1.82) is 0 Å². The van der Waals surface area contributed by atoms with Crippen molar-refractivity contribution < 1.29 is 89.7 Å². The van der Waals surface area contributed by atoms with Gasteiger partial charge in [0.25, 0.3) is 0 Å². The number of nitrogens with two attached hydrogens (primary N) is 2. The first-order valence-corrected chi connectivity index (χ1v) is 28.2. The van der Waals surface area contributed by atoms with E-state index in [1.54, 1.807) is 61.5 Å². The van der Waals surface area contributed by atoms with E-state index in [-0.39, 0.29) is 86.7 Å². The lowest BCUT2D eigenvalue weighted by molar-refractivity contribution is -0.0307. The van der Waals surface area contributed by atoms with Crippen molar-refractivity contribution in [3.63, 3.8) is 0 Å². The number of nitrogens with zero attached hydrogens (tertiary/aromatic N) is 3. The molecule has 4 aromatic rings. The fraction of sp³-hybridized carbons (Fsp3) is 0.643.